The summed E-state index contributed by atoms with van der Waals surface area (Å²) in [5.41, 5.74) is 0.971. The molecular formula is C14H17N3O2S. The highest BCUT2D eigenvalue weighted by molar-refractivity contribution is 7.11. The van der Waals surface area contributed by atoms with Gasteiger partial charge in [0.2, 0.25) is 5.56 Å². The largest absolute Gasteiger partial charge is 0.342 e. The molecule has 0 radical (unpaired) electrons. The number of H-pyrrole nitrogens is 1. The molecule has 2 aromatic rings. The lowest BCUT2D eigenvalue weighted by molar-refractivity contribution is 0.0930. The van der Waals surface area contributed by atoms with Gasteiger partial charge in [0.05, 0.1) is 11.7 Å². The van der Waals surface area contributed by atoms with Crippen molar-refractivity contribution in [1.29, 1.82) is 0 Å². The molecule has 106 valence electrons. The van der Waals surface area contributed by atoms with Crippen LogP contribution < -0.4 is 10.9 Å². The number of pyridine rings is 1. The highest BCUT2D eigenvalue weighted by atomic mass is 32.1. The van der Waals surface area contributed by atoms with Gasteiger partial charge in [0.25, 0.3) is 5.91 Å². The number of hydrogen-bond donors (Lipinski definition) is 2. The quantitative estimate of drug-likeness (QED) is 0.908. The number of amides is 1. The second-order valence-corrected chi connectivity index (χ2v) is 5.79. The van der Waals surface area contributed by atoms with Crippen molar-refractivity contribution >= 4 is 17.2 Å². The minimum atomic E-state index is -0.292. The van der Waals surface area contributed by atoms with Crippen molar-refractivity contribution in [2.45, 2.75) is 33.2 Å². The zero-order valence-electron chi connectivity index (χ0n) is 11.7. The Morgan fingerprint density at radius 2 is 2.20 bits per heavy atom. The third-order valence-corrected chi connectivity index (χ3v) is 4.26. The Balaban J connectivity index is 2.18. The Morgan fingerprint density at radius 1 is 1.45 bits per heavy atom. The maximum atomic E-state index is 12.1. The van der Waals surface area contributed by atoms with E-state index in [1.807, 2.05) is 20.8 Å². The van der Waals surface area contributed by atoms with Crippen LogP contribution in [0.5, 0.6) is 0 Å². The molecule has 0 unspecified atom stereocenters. The van der Waals surface area contributed by atoms with Crippen LogP contribution in [0.2, 0.25) is 0 Å². The monoisotopic (exact) mass is 291 g/mol. The number of nitrogens with one attached hydrogen (secondary N) is 2. The lowest BCUT2D eigenvalue weighted by atomic mass is 10.2. The fourth-order valence-corrected chi connectivity index (χ4v) is 2.86. The summed E-state index contributed by atoms with van der Waals surface area (Å²) in [6, 6.07) is 4.39. The minimum absolute atomic E-state index is 0.136. The summed E-state index contributed by atoms with van der Waals surface area (Å²) in [4.78, 5) is 31.5. The van der Waals surface area contributed by atoms with Crippen molar-refractivity contribution in [2.24, 2.45) is 0 Å². The van der Waals surface area contributed by atoms with E-state index in [1.54, 1.807) is 23.5 Å². The van der Waals surface area contributed by atoms with Gasteiger partial charge < -0.3 is 10.3 Å². The van der Waals surface area contributed by atoms with Gasteiger partial charge in [-0.3, -0.25) is 9.59 Å². The SMILES string of the molecule is CC[C@@H](NC(=O)c1cccc(=O)[nH]1)c1nc(C)c(C)s1. The summed E-state index contributed by atoms with van der Waals surface area (Å²) >= 11 is 1.59. The molecule has 1 amide bonds. The number of carbonyl (C=O) groups excluding carboxylic acids is 1. The number of thiazole rings is 1. The number of hydrogen-bond acceptors (Lipinski definition) is 4. The Bertz CT molecular complexity index is 656. The number of rotatable bonds is 4. The fraction of sp³-hybridized carbons (Fsp3) is 0.357. The van der Waals surface area contributed by atoms with Gasteiger partial charge in [-0.1, -0.05) is 13.0 Å². The van der Waals surface area contributed by atoms with E-state index in [0.29, 0.717) is 0 Å². The molecule has 0 spiro atoms. The third-order valence-electron chi connectivity index (χ3n) is 3.07. The van der Waals surface area contributed by atoms with E-state index >= 15 is 0 Å². The first kappa shape index (κ1) is 14.5. The Labute approximate surface area is 121 Å². The molecule has 0 saturated carbocycles. The molecule has 0 aliphatic carbocycles. The summed E-state index contributed by atoms with van der Waals surface area (Å²) in [7, 11) is 0. The minimum Gasteiger partial charge on any atom is -0.342 e. The Hall–Kier alpha value is -1.95. The van der Waals surface area contributed by atoms with Gasteiger partial charge in [0.1, 0.15) is 10.7 Å². The van der Waals surface area contributed by atoms with Gasteiger partial charge in [0, 0.05) is 10.9 Å². The fourth-order valence-electron chi connectivity index (χ4n) is 1.80. The van der Waals surface area contributed by atoms with E-state index in [-0.39, 0.29) is 23.2 Å². The van der Waals surface area contributed by atoms with Crippen LogP contribution in [-0.2, 0) is 0 Å². The van der Waals surface area contributed by atoms with E-state index in [4.69, 9.17) is 0 Å². The van der Waals surface area contributed by atoms with Crippen molar-refractivity contribution in [2.75, 3.05) is 0 Å². The van der Waals surface area contributed by atoms with Gasteiger partial charge >= 0.3 is 0 Å². The van der Waals surface area contributed by atoms with Crippen LogP contribution in [-0.4, -0.2) is 15.9 Å². The van der Waals surface area contributed by atoms with Gasteiger partial charge in [-0.15, -0.1) is 11.3 Å². The zero-order chi connectivity index (χ0) is 14.7. The molecule has 0 bridgehead atoms. The van der Waals surface area contributed by atoms with Crippen molar-refractivity contribution in [3.05, 3.63) is 49.8 Å². The predicted molar refractivity (Wildman–Crippen MR) is 79.1 cm³/mol. The topological polar surface area (TPSA) is 74.8 Å². The van der Waals surface area contributed by atoms with Gasteiger partial charge in [-0.05, 0) is 26.3 Å². The normalized spacial score (nSPS) is 12.2. The van der Waals surface area contributed by atoms with Crippen molar-refractivity contribution in [1.82, 2.24) is 15.3 Å². The number of aromatic amines is 1. The third kappa shape index (κ3) is 3.14. The molecule has 2 heterocycles. The molecule has 20 heavy (non-hydrogen) atoms. The average molecular weight is 291 g/mol. The molecule has 5 nitrogen and oxygen atoms in total. The highest BCUT2D eigenvalue weighted by Gasteiger charge is 2.18. The molecule has 2 aromatic heterocycles. The summed E-state index contributed by atoms with van der Waals surface area (Å²) in [5, 5.41) is 3.80. The van der Waals surface area contributed by atoms with Gasteiger partial charge in [-0.25, -0.2) is 4.98 Å². The van der Waals surface area contributed by atoms with Crippen molar-refractivity contribution in [3.8, 4) is 0 Å². The average Bonchev–Trinajstić information content (AvgIpc) is 2.75. The number of aromatic nitrogens is 2. The molecule has 0 aliphatic heterocycles. The molecular weight excluding hydrogens is 274 g/mol. The van der Waals surface area contributed by atoms with Crippen LogP contribution in [0.1, 0.15) is 45.5 Å². The second-order valence-electron chi connectivity index (χ2n) is 4.56. The number of aryl methyl sites for hydroxylation is 2. The lowest BCUT2D eigenvalue weighted by Crippen LogP contribution is -2.30. The van der Waals surface area contributed by atoms with Crippen LogP contribution in [0.3, 0.4) is 0 Å². The second kappa shape index (κ2) is 6.00. The van der Waals surface area contributed by atoms with E-state index in [9.17, 15) is 9.59 Å². The highest BCUT2D eigenvalue weighted by Crippen LogP contribution is 2.24. The number of nitrogens with zero attached hydrogens (tertiary/aromatic N) is 1. The first-order chi connectivity index (χ1) is 9.51. The van der Waals surface area contributed by atoms with Crippen LogP contribution >= 0.6 is 11.3 Å². The summed E-state index contributed by atoms with van der Waals surface area (Å²) in [6.07, 6.45) is 0.745. The van der Waals surface area contributed by atoms with Crippen LogP contribution in [0.4, 0.5) is 0 Å². The van der Waals surface area contributed by atoms with Gasteiger partial charge in [-0.2, -0.15) is 0 Å². The zero-order valence-corrected chi connectivity index (χ0v) is 12.5. The Morgan fingerprint density at radius 3 is 2.75 bits per heavy atom. The van der Waals surface area contributed by atoms with Crippen LogP contribution in [0, 0.1) is 13.8 Å². The smallest absolute Gasteiger partial charge is 0.268 e. The van der Waals surface area contributed by atoms with Crippen LogP contribution in [0.15, 0.2) is 23.0 Å². The van der Waals surface area contributed by atoms with Gasteiger partial charge in [0.15, 0.2) is 0 Å². The molecule has 6 heteroatoms. The summed E-state index contributed by atoms with van der Waals surface area (Å²) < 4.78 is 0. The first-order valence-corrected chi connectivity index (χ1v) is 7.27. The molecule has 1 atom stereocenters. The Kier molecular flexibility index (Phi) is 4.34. The van der Waals surface area contributed by atoms with Crippen molar-refractivity contribution < 1.29 is 4.79 Å². The van der Waals surface area contributed by atoms with E-state index in [1.165, 1.54) is 6.07 Å². The van der Waals surface area contributed by atoms with E-state index < -0.39 is 0 Å². The summed E-state index contributed by atoms with van der Waals surface area (Å²) in [6.45, 7) is 5.96. The number of carbonyl (C=O) groups is 1. The van der Waals surface area contributed by atoms with Crippen LogP contribution in [0.25, 0.3) is 0 Å². The molecule has 2 rings (SSSR count). The standard InChI is InChI=1S/C14H17N3O2S/c1-4-10(14-15-8(2)9(3)20-14)17-13(19)11-6-5-7-12(18)16-11/h5-7,10H,4H2,1-3H3,(H,16,18)(H,17,19)/t10-/m1/s1. The predicted octanol–water partition coefficient (Wildman–Crippen LogP) is 2.33. The lowest BCUT2D eigenvalue weighted by Gasteiger charge is -2.14. The van der Waals surface area contributed by atoms with Crippen molar-refractivity contribution in [3.63, 3.8) is 0 Å². The maximum Gasteiger partial charge on any atom is 0.268 e. The summed E-state index contributed by atoms with van der Waals surface area (Å²) in [5.74, 6) is -0.292. The molecule has 0 saturated heterocycles. The molecule has 0 fully saturated rings. The first-order valence-electron chi connectivity index (χ1n) is 6.45. The molecule has 0 aromatic carbocycles. The van der Waals surface area contributed by atoms with E-state index in [2.05, 4.69) is 15.3 Å². The molecule has 2 N–H and O–H groups in total. The van der Waals surface area contributed by atoms with E-state index in [0.717, 1.165) is 22.0 Å². The molecule has 0 aliphatic rings. The maximum absolute atomic E-state index is 12.1.